The van der Waals surface area contributed by atoms with E-state index in [1.54, 1.807) is 0 Å². The maximum Gasteiger partial charge on any atom is 0.339 e. The van der Waals surface area contributed by atoms with Crippen LogP contribution in [-0.4, -0.2) is 45.8 Å². The number of aromatic carboxylic acids is 3. The van der Waals surface area contributed by atoms with Crippen molar-refractivity contribution in [1.82, 2.24) is 0 Å². The second kappa shape index (κ2) is 11.1. The molecular weight excluding hydrogens is 368 g/mol. The minimum Gasteiger partial charge on any atom is -0.478 e. The minimum absolute atomic E-state index is 0.0746. The fourth-order valence-corrected chi connectivity index (χ4v) is 2.73. The van der Waals surface area contributed by atoms with Crippen molar-refractivity contribution in [1.29, 1.82) is 0 Å². The molecule has 0 aromatic heterocycles. The third-order valence-corrected chi connectivity index (χ3v) is 4.23. The van der Waals surface area contributed by atoms with Crippen LogP contribution >= 0.6 is 0 Å². The summed E-state index contributed by atoms with van der Waals surface area (Å²) in [5.74, 6) is -5.04. The molecule has 1 rings (SSSR count). The molecule has 0 heterocycles. The first-order chi connectivity index (χ1) is 13.1. The molecule has 3 N–H and O–H groups in total. The molecule has 8 nitrogen and oxygen atoms in total. The van der Waals surface area contributed by atoms with E-state index in [0.29, 0.717) is 18.4 Å². The molecule has 0 atom stereocenters. The number of hydrogen-bond acceptors (Lipinski definition) is 5. The van der Waals surface area contributed by atoms with E-state index in [4.69, 9.17) is 14.9 Å². The number of benzene rings is 1. The van der Waals surface area contributed by atoms with Gasteiger partial charge in [-0.1, -0.05) is 46.0 Å². The summed E-state index contributed by atoms with van der Waals surface area (Å²) in [7, 11) is 0. The van der Waals surface area contributed by atoms with Gasteiger partial charge >= 0.3 is 23.9 Å². The minimum atomic E-state index is -1.60. The number of rotatable bonds is 12. The molecule has 8 heteroatoms. The van der Waals surface area contributed by atoms with Gasteiger partial charge in [-0.25, -0.2) is 19.2 Å². The zero-order valence-corrected chi connectivity index (χ0v) is 16.1. The van der Waals surface area contributed by atoms with Crippen LogP contribution in [0, 0.1) is 5.92 Å². The van der Waals surface area contributed by atoms with Gasteiger partial charge in [0, 0.05) is 0 Å². The molecule has 0 radical (unpaired) electrons. The van der Waals surface area contributed by atoms with Crippen LogP contribution in [-0.2, 0) is 4.74 Å². The van der Waals surface area contributed by atoms with Crippen LogP contribution in [0.4, 0.5) is 0 Å². The Hall–Kier alpha value is -2.90. The molecule has 28 heavy (non-hydrogen) atoms. The highest BCUT2D eigenvalue weighted by Crippen LogP contribution is 2.20. The van der Waals surface area contributed by atoms with E-state index in [1.807, 2.05) is 0 Å². The SMILES string of the molecule is CC(C)CCCCCCCOC(=O)c1cc(C(=O)O)c(C(=O)O)cc1C(=O)O. The Morgan fingerprint density at radius 1 is 0.750 bits per heavy atom. The molecule has 0 aliphatic rings. The van der Waals surface area contributed by atoms with Crippen molar-refractivity contribution in [2.24, 2.45) is 5.92 Å². The molecule has 0 aliphatic heterocycles. The Morgan fingerprint density at radius 2 is 1.18 bits per heavy atom. The molecule has 1 aromatic rings. The lowest BCUT2D eigenvalue weighted by molar-refractivity contribution is 0.0486. The van der Waals surface area contributed by atoms with Crippen molar-refractivity contribution in [3.63, 3.8) is 0 Å². The fourth-order valence-electron chi connectivity index (χ4n) is 2.73. The van der Waals surface area contributed by atoms with Crippen LogP contribution in [0.3, 0.4) is 0 Å². The van der Waals surface area contributed by atoms with Crippen molar-refractivity contribution in [3.05, 3.63) is 34.4 Å². The van der Waals surface area contributed by atoms with Gasteiger partial charge in [-0.2, -0.15) is 0 Å². The molecule has 0 fully saturated rings. The van der Waals surface area contributed by atoms with Gasteiger partial charge in [0.15, 0.2) is 0 Å². The lowest BCUT2D eigenvalue weighted by atomic mass is 9.98. The van der Waals surface area contributed by atoms with E-state index in [2.05, 4.69) is 13.8 Å². The third-order valence-electron chi connectivity index (χ3n) is 4.23. The number of unbranched alkanes of at least 4 members (excludes halogenated alkanes) is 4. The highest BCUT2D eigenvalue weighted by Gasteiger charge is 2.26. The standard InChI is InChI=1S/C20H26O8/c1-12(2)8-6-4-3-5-7-9-28-20(27)16-11-14(18(23)24)13(17(21)22)10-15(16)19(25)26/h10-12H,3-9H2,1-2H3,(H,21,22)(H,23,24)(H,25,26). The summed E-state index contributed by atoms with van der Waals surface area (Å²) in [6, 6.07) is 1.41. The third kappa shape index (κ3) is 7.02. The van der Waals surface area contributed by atoms with Crippen LogP contribution < -0.4 is 0 Å². The highest BCUT2D eigenvalue weighted by molar-refractivity contribution is 6.09. The van der Waals surface area contributed by atoms with Gasteiger partial charge in [-0.3, -0.25) is 0 Å². The zero-order chi connectivity index (χ0) is 21.3. The average Bonchev–Trinajstić information content (AvgIpc) is 2.61. The zero-order valence-electron chi connectivity index (χ0n) is 16.1. The number of carbonyl (C=O) groups is 4. The number of carboxylic acid groups (broad SMARTS) is 3. The van der Waals surface area contributed by atoms with Crippen LogP contribution in [0.2, 0.25) is 0 Å². The molecule has 0 saturated carbocycles. The smallest absolute Gasteiger partial charge is 0.339 e. The lowest BCUT2D eigenvalue weighted by Gasteiger charge is -2.10. The molecule has 0 bridgehead atoms. The molecule has 0 amide bonds. The van der Waals surface area contributed by atoms with E-state index in [-0.39, 0.29) is 6.61 Å². The lowest BCUT2D eigenvalue weighted by Crippen LogP contribution is -2.17. The Bertz CT molecular complexity index is 736. The van der Waals surface area contributed by atoms with E-state index < -0.39 is 46.1 Å². The van der Waals surface area contributed by atoms with Gasteiger partial charge < -0.3 is 20.1 Å². The van der Waals surface area contributed by atoms with Gasteiger partial charge in [0.2, 0.25) is 0 Å². The molecule has 154 valence electrons. The fraction of sp³-hybridized carbons (Fsp3) is 0.500. The quantitative estimate of drug-likeness (QED) is 0.358. The molecule has 0 aliphatic carbocycles. The first kappa shape index (κ1) is 23.1. The average molecular weight is 394 g/mol. The van der Waals surface area contributed by atoms with Crippen LogP contribution in [0.25, 0.3) is 0 Å². The Morgan fingerprint density at radius 3 is 1.68 bits per heavy atom. The van der Waals surface area contributed by atoms with Crippen LogP contribution in [0.15, 0.2) is 12.1 Å². The van der Waals surface area contributed by atoms with Gasteiger partial charge in [0.1, 0.15) is 0 Å². The summed E-state index contributed by atoms with van der Waals surface area (Å²) in [4.78, 5) is 46.0. The van der Waals surface area contributed by atoms with Crippen LogP contribution in [0.5, 0.6) is 0 Å². The molecular formula is C20H26O8. The maximum absolute atomic E-state index is 12.2. The Kier molecular flexibility index (Phi) is 9.14. The number of ether oxygens (including phenoxy) is 1. The predicted molar refractivity (Wildman–Crippen MR) is 100 cm³/mol. The predicted octanol–water partition coefficient (Wildman–Crippen LogP) is 3.93. The second-order valence-corrected chi connectivity index (χ2v) is 6.95. The van der Waals surface area contributed by atoms with Crippen molar-refractivity contribution < 1.29 is 39.2 Å². The molecule has 0 unspecified atom stereocenters. The molecule has 1 aromatic carbocycles. The topological polar surface area (TPSA) is 138 Å². The van der Waals surface area contributed by atoms with Gasteiger partial charge in [0.05, 0.1) is 28.9 Å². The first-order valence-corrected chi connectivity index (χ1v) is 9.20. The summed E-state index contributed by atoms with van der Waals surface area (Å²) in [6.07, 6.45) is 5.87. The van der Waals surface area contributed by atoms with E-state index in [9.17, 15) is 24.3 Å². The summed E-state index contributed by atoms with van der Waals surface area (Å²) in [5.41, 5.74) is -2.47. The maximum atomic E-state index is 12.2. The van der Waals surface area contributed by atoms with Gasteiger partial charge in [0.25, 0.3) is 0 Å². The van der Waals surface area contributed by atoms with Crippen molar-refractivity contribution in [3.8, 4) is 0 Å². The summed E-state index contributed by atoms with van der Waals surface area (Å²) >= 11 is 0. The number of hydrogen-bond donors (Lipinski definition) is 3. The van der Waals surface area contributed by atoms with Gasteiger partial charge in [-0.15, -0.1) is 0 Å². The molecule has 0 spiro atoms. The monoisotopic (exact) mass is 394 g/mol. The van der Waals surface area contributed by atoms with Crippen molar-refractivity contribution >= 4 is 23.9 Å². The number of carbonyl (C=O) groups excluding carboxylic acids is 1. The van der Waals surface area contributed by atoms with E-state index in [1.165, 1.54) is 6.42 Å². The largest absolute Gasteiger partial charge is 0.478 e. The highest BCUT2D eigenvalue weighted by atomic mass is 16.5. The Balaban J connectivity index is 2.74. The van der Waals surface area contributed by atoms with E-state index in [0.717, 1.165) is 31.7 Å². The summed E-state index contributed by atoms with van der Waals surface area (Å²) in [6.45, 7) is 4.42. The van der Waals surface area contributed by atoms with Crippen molar-refractivity contribution in [2.45, 2.75) is 52.4 Å². The normalized spacial score (nSPS) is 10.7. The molecule has 0 saturated heterocycles. The van der Waals surface area contributed by atoms with E-state index >= 15 is 0 Å². The van der Waals surface area contributed by atoms with Crippen molar-refractivity contribution in [2.75, 3.05) is 6.61 Å². The number of carboxylic acids is 3. The summed E-state index contributed by atoms with van der Waals surface area (Å²) < 4.78 is 5.06. The van der Waals surface area contributed by atoms with Gasteiger partial charge in [-0.05, 0) is 24.5 Å². The number of esters is 1. The first-order valence-electron chi connectivity index (χ1n) is 9.20. The Labute approximate surface area is 163 Å². The van der Waals surface area contributed by atoms with Crippen LogP contribution in [0.1, 0.15) is 93.8 Å². The summed E-state index contributed by atoms with van der Waals surface area (Å²) in [5, 5.41) is 27.4. The second-order valence-electron chi connectivity index (χ2n) is 6.95.